The Morgan fingerprint density at radius 1 is 1.24 bits per heavy atom. The lowest BCUT2D eigenvalue weighted by Crippen LogP contribution is -2.00. The van der Waals surface area contributed by atoms with Crippen LogP contribution in [-0.4, -0.2) is 17.1 Å². The Bertz CT molecular complexity index is 799. The van der Waals surface area contributed by atoms with E-state index < -0.39 is 0 Å². The van der Waals surface area contributed by atoms with E-state index in [-0.39, 0.29) is 0 Å². The number of methoxy groups -OCH3 is 1. The number of H-pyrrole nitrogens is 1. The molecule has 5 heteroatoms. The molecule has 0 saturated heterocycles. The summed E-state index contributed by atoms with van der Waals surface area (Å²) in [6.07, 6.45) is 0. The van der Waals surface area contributed by atoms with Crippen LogP contribution in [0, 0.1) is 11.3 Å². The predicted molar refractivity (Wildman–Crippen MR) is 81.1 cm³/mol. The Kier molecular flexibility index (Phi) is 3.44. The molecule has 0 unspecified atom stereocenters. The molecule has 104 valence electrons. The van der Waals surface area contributed by atoms with Crippen molar-refractivity contribution in [1.82, 2.24) is 9.97 Å². The number of benzene rings is 2. The first-order valence-corrected chi connectivity index (χ1v) is 6.55. The maximum atomic E-state index is 8.89. The molecule has 0 bridgehead atoms. The number of nitriles is 1. The summed E-state index contributed by atoms with van der Waals surface area (Å²) in [6.45, 7) is 0.662. The molecule has 0 spiro atoms. The van der Waals surface area contributed by atoms with Crippen LogP contribution in [0.3, 0.4) is 0 Å². The Morgan fingerprint density at radius 2 is 2.05 bits per heavy atom. The van der Waals surface area contributed by atoms with E-state index in [1.807, 2.05) is 30.3 Å². The van der Waals surface area contributed by atoms with Crippen LogP contribution in [-0.2, 0) is 6.54 Å². The van der Waals surface area contributed by atoms with E-state index in [0.29, 0.717) is 18.1 Å². The van der Waals surface area contributed by atoms with Gasteiger partial charge in [0, 0.05) is 6.54 Å². The summed E-state index contributed by atoms with van der Waals surface area (Å²) in [5.74, 6) is 1.53. The second-order valence-corrected chi connectivity index (χ2v) is 4.63. The van der Waals surface area contributed by atoms with Gasteiger partial charge in [-0.1, -0.05) is 12.1 Å². The third kappa shape index (κ3) is 2.79. The van der Waals surface area contributed by atoms with Crippen molar-refractivity contribution in [1.29, 1.82) is 5.26 Å². The van der Waals surface area contributed by atoms with Crippen LogP contribution in [0.4, 0.5) is 5.95 Å². The number of hydrogen-bond acceptors (Lipinski definition) is 4. The summed E-state index contributed by atoms with van der Waals surface area (Å²) in [7, 11) is 1.65. The molecule has 0 saturated carbocycles. The van der Waals surface area contributed by atoms with E-state index in [1.54, 1.807) is 19.2 Å². The highest BCUT2D eigenvalue weighted by molar-refractivity contribution is 5.78. The Morgan fingerprint density at radius 3 is 2.76 bits per heavy atom. The van der Waals surface area contributed by atoms with Gasteiger partial charge in [-0.2, -0.15) is 5.26 Å². The van der Waals surface area contributed by atoms with Crippen LogP contribution in [0.1, 0.15) is 11.1 Å². The third-order valence-electron chi connectivity index (χ3n) is 3.23. The Balaban J connectivity index is 1.74. The number of anilines is 1. The van der Waals surface area contributed by atoms with E-state index in [1.165, 1.54) is 0 Å². The molecule has 0 radical (unpaired) electrons. The zero-order chi connectivity index (χ0) is 14.7. The standard InChI is InChI=1S/C16H14N4O/c1-21-13-5-2-11(3-6-13)10-18-16-19-14-7-4-12(9-17)8-15(14)20-16/h2-8H,10H2,1H3,(H2,18,19,20). The van der Waals surface area contributed by atoms with E-state index in [2.05, 4.69) is 21.4 Å². The fraction of sp³-hybridized carbons (Fsp3) is 0.125. The molecule has 5 nitrogen and oxygen atoms in total. The number of nitrogens with zero attached hydrogens (tertiary/aromatic N) is 2. The normalized spacial score (nSPS) is 10.3. The van der Waals surface area contributed by atoms with Crippen molar-refractivity contribution < 1.29 is 4.74 Å². The Hall–Kier alpha value is -3.00. The first-order chi connectivity index (χ1) is 10.3. The van der Waals surface area contributed by atoms with Crippen LogP contribution in [0.2, 0.25) is 0 Å². The number of aromatic nitrogens is 2. The molecule has 0 aliphatic heterocycles. The largest absolute Gasteiger partial charge is 0.497 e. The minimum Gasteiger partial charge on any atom is -0.497 e. The number of nitrogens with one attached hydrogen (secondary N) is 2. The molecule has 0 aliphatic rings. The molecular weight excluding hydrogens is 264 g/mol. The van der Waals surface area contributed by atoms with E-state index in [0.717, 1.165) is 22.3 Å². The summed E-state index contributed by atoms with van der Waals surface area (Å²) in [5, 5.41) is 12.1. The van der Waals surface area contributed by atoms with Crippen molar-refractivity contribution >= 4 is 17.0 Å². The van der Waals surface area contributed by atoms with E-state index in [9.17, 15) is 0 Å². The lowest BCUT2D eigenvalue weighted by molar-refractivity contribution is 0.414. The number of fused-ring (bicyclic) bond motifs is 1. The molecule has 3 aromatic rings. The van der Waals surface area contributed by atoms with Crippen LogP contribution in [0.25, 0.3) is 11.0 Å². The van der Waals surface area contributed by atoms with E-state index in [4.69, 9.17) is 10.00 Å². The van der Waals surface area contributed by atoms with Crippen LogP contribution >= 0.6 is 0 Å². The fourth-order valence-corrected chi connectivity index (χ4v) is 2.09. The summed E-state index contributed by atoms with van der Waals surface area (Å²) in [5.41, 5.74) is 3.44. The molecule has 1 heterocycles. The van der Waals surface area contributed by atoms with Crippen LogP contribution in [0.15, 0.2) is 42.5 Å². The van der Waals surface area contributed by atoms with Crippen LogP contribution in [0.5, 0.6) is 5.75 Å². The van der Waals surface area contributed by atoms with Gasteiger partial charge in [0.25, 0.3) is 0 Å². The molecule has 2 N–H and O–H groups in total. The molecule has 3 rings (SSSR count). The number of hydrogen-bond donors (Lipinski definition) is 2. The van der Waals surface area contributed by atoms with Crippen molar-refractivity contribution in [2.75, 3.05) is 12.4 Å². The minimum atomic E-state index is 0.618. The highest BCUT2D eigenvalue weighted by atomic mass is 16.5. The molecule has 0 atom stereocenters. The van der Waals surface area contributed by atoms with Gasteiger partial charge in [-0.15, -0.1) is 0 Å². The van der Waals surface area contributed by atoms with Gasteiger partial charge in [-0.3, -0.25) is 0 Å². The highest BCUT2D eigenvalue weighted by Gasteiger charge is 2.03. The van der Waals surface area contributed by atoms with Gasteiger partial charge in [0.15, 0.2) is 0 Å². The number of ether oxygens (including phenoxy) is 1. The molecule has 2 aromatic carbocycles. The van der Waals surface area contributed by atoms with Gasteiger partial charge in [-0.25, -0.2) is 4.98 Å². The summed E-state index contributed by atoms with van der Waals surface area (Å²) in [6, 6.07) is 15.4. The van der Waals surface area contributed by atoms with Gasteiger partial charge in [-0.05, 0) is 35.9 Å². The third-order valence-corrected chi connectivity index (χ3v) is 3.23. The molecule has 1 aromatic heterocycles. The maximum absolute atomic E-state index is 8.89. The number of imidazole rings is 1. The van der Waals surface area contributed by atoms with Gasteiger partial charge < -0.3 is 15.0 Å². The SMILES string of the molecule is COc1ccc(CNc2nc3ccc(C#N)cc3[nH]2)cc1. The average molecular weight is 278 g/mol. The number of aromatic amines is 1. The van der Waals surface area contributed by atoms with Gasteiger partial charge in [0.1, 0.15) is 5.75 Å². The molecular formula is C16H14N4O. The average Bonchev–Trinajstić information content (AvgIpc) is 2.95. The molecule has 0 fully saturated rings. The molecule has 21 heavy (non-hydrogen) atoms. The predicted octanol–water partition coefficient (Wildman–Crippen LogP) is 3.06. The van der Waals surface area contributed by atoms with Crippen molar-refractivity contribution in [3.8, 4) is 11.8 Å². The Labute approximate surface area is 122 Å². The van der Waals surface area contributed by atoms with Crippen molar-refractivity contribution in [3.05, 3.63) is 53.6 Å². The van der Waals surface area contributed by atoms with Crippen molar-refractivity contribution in [2.45, 2.75) is 6.54 Å². The summed E-state index contributed by atoms with van der Waals surface area (Å²) < 4.78 is 5.13. The van der Waals surface area contributed by atoms with E-state index >= 15 is 0 Å². The first kappa shape index (κ1) is 13.0. The topological polar surface area (TPSA) is 73.7 Å². The smallest absolute Gasteiger partial charge is 0.201 e. The monoisotopic (exact) mass is 278 g/mol. The van der Waals surface area contributed by atoms with Gasteiger partial charge >= 0.3 is 0 Å². The van der Waals surface area contributed by atoms with Crippen LogP contribution < -0.4 is 10.1 Å². The summed E-state index contributed by atoms with van der Waals surface area (Å²) >= 11 is 0. The highest BCUT2D eigenvalue weighted by Crippen LogP contribution is 2.17. The van der Waals surface area contributed by atoms with Gasteiger partial charge in [0.05, 0.1) is 29.8 Å². The zero-order valence-electron chi connectivity index (χ0n) is 11.6. The second-order valence-electron chi connectivity index (χ2n) is 4.63. The fourth-order valence-electron chi connectivity index (χ4n) is 2.09. The summed E-state index contributed by atoms with van der Waals surface area (Å²) in [4.78, 5) is 7.60. The quantitative estimate of drug-likeness (QED) is 0.769. The number of rotatable bonds is 4. The minimum absolute atomic E-state index is 0.618. The second kappa shape index (κ2) is 5.55. The first-order valence-electron chi connectivity index (χ1n) is 6.55. The molecule has 0 aliphatic carbocycles. The molecule has 0 amide bonds. The maximum Gasteiger partial charge on any atom is 0.201 e. The van der Waals surface area contributed by atoms with Crippen molar-refractivity contribution in [3.63, 3.8) is 0 Å². The lowest BCUT2D eigenvalue weighted by atomic mass is 10.2. The van der Waals surface area contributed by atoms with Crippen molar-refractivity contribution in [2.24, 2.45) is 0 Å². The van der Waals surface area contributed by atoms with Gasteiger partial charge in [0.2, 0.25) is 5.95 Å². The lowest BCUT2D eigenvalue weighted by Gasteiger charge is -2.04. The zero-order valence-corrected chi connectivity index (χ0v) is 11.6.